The Morgan fingerprint density at radius 3 is 2.62 bits per heavy atom. The van der Waals surface area contributed by atoms with Crippen LogP contribution >= 0.6 is 11.6 Å². The normalized spacial score (nSPS) is 12.6. The Labute approximate surface area is 229 Å². The lowest BCUT2D eigenvalue weighted by atomic mass is 9.98. The Morgan fingerprint density at radius 1 is 1.13 bits per heavy atom. The summed E-state index contributed by atoms with van der Waals surface area (Å²) in [4.78, 5) is 34.2. The average molecular weight is 557 g/mol. The predicted octanol–water partition coefficient (Wildman–Crippen LogP) is 4.17. The Bertz CT molecular complexity index is 1490. The molecule has 0 aliphatic carbocycles. The van der Waals surface area contributed by atoms with Crippen LogP contribution < -0.4 is 10.6 Å². The van der Waals surface area contributed by atoms with Crippen LogP contribution in [0.15, 0.2) is 43.2 Å². The third-order valence-corrected chi connectivity index (χ3v) is 6.06. The number of carbonyl (C=O) groups is 2. The summed E-state index contributed by atoms with van der Waals surface area (Å²) >= 11 is 6.01. The van der Waals surface area contributed by atoms with Crippen molar-refractivity contribution in [3.63, 3.8) is 0 Å². The molecule has 0 aromatic carbocycles. The third-order valence-electron chi connectivity index (χ3n) is 5.87. The number of Topliss-reactive ketones (excluding diaryl/α,β-unsaturated/α-hetero) is 1. The van der Waals surface area contributed by atoms with Crippen molar-refractivity contribution in [2.24, 2.45) is 0 Å². The van der Waals surface area contributed by atoms with Crippen LogP contribution in [0.2, 0.25) is 5.02 Å². The van der Waals surface area contributed by atoms with Gasteiger partial charge in [0.15, 0.2) is 11.4 Å². The van der Waals surface area contributed by atoms with Crippen molar-refractivity contribution in [2.75, 3.05) is 10.6 Å². The van der Waals surface area contributed by atoms with Crippen molar-refractivity contribution in [3.8, 4) is 11.3 Å². The first-order valence-electron chi connectivity index (χ1n) is 12.4. The van der Waals surface area contributed by atoms with Crippen LogP contribution in [0.25, 0.3) is 16.9 Å². The van der Waals surface area contributed by atoms with Crippen molar-refractivity contribution >= 4 is 40.3 Å². The molecule has 0 radical (unpaired) electrons. The summed E-state index contributed by atoms with van der Waals surface area (Å²) in [5, 5.41) is 24.6. The summed E-state index contributed by atoms with van der Waals surface area (Å²) in [6.45, 7) is 6.55. The van der Waals surface area contributed by atoms with Crippen LogP contribution in [0.4, 0.5) is 15.8 Å². The van der Waals surface area contributed by atoms with Gasteiger partial charge in [-0.1, -0.05) is 11.6 Å². The van der Waals surface area contributed by atoms with Gasteiger partial charge in [0.1, 0.15) is 6.17 Å². The highest BCUT2D eigenvalue weighted by atomic mass is 35.5. The van der Waals surface area contributed by atoms with Crippen LogP contribution in [0.5, 0.6) is 0 Å². The van der Waals surface area contributed by atoms with Crippen molar-refractivity contribution in [2.45, 2.75) is 64.9 Å². The van der Waals surface area contributed by atoms with Gasteiger partial charge < -0.3 is 15.7 Å². The molecule has 0 saturated carbocycles. The molecule has 11 nitrogen and oxygen atoms in total. The highest BCUT2D eigenvalue weighted by Crippen LogP contribution is 2.27. The smallest absolute Gasteiger partial charge is 0.259 e. The van der Waals surface area contributed by atoms with Crippen LogP contribution in [0.3, 0.4) is 0 Å². The number of hydrogen-bond donors (Lipinski definition) is 3. The SMILES string of the molecule is CC(C)Nc1cc(-c2cnn3cc(Cl)cnc23)ncc1C(=O)Nc1cnn(CC(=O)CC[C@@H](F)C(C)(C)O)c1. The molecule has 206 valence electrons. The number of alkyl halides is 1. The van der Waals surface area contributed by atoms with Gasteiger partial charge in [-0.25, -0.2) is 13.9 Å². The maximum absolute atomic E-state index is 13.9. The number of anilines is 2. The molecule has 1 atom stereocenters. The second-order valence-corrected chi connectivity index (χ2v) is 10.5. The fourth-order valence-corrected chi connectivity index (χ4v) is 4.00. The number of pyridine rings is 1. The van der Waals surface area contributed by atoms with Crippen molar-refractivity contribution in [1.29, 1.82) is 0 Å². The average Bonchev–Trinajstić information content (AvgIpc) is 3.47. The van der Waals surface area contributed by atoms with Crippen LogP contribution in [0.1, 0.15) is 50.9 Å². The molecule has 4 rings (SSSR count). The van der Waals surface area contributed by atoms with Gasteiger partial charge in [0.25, 0.3) is 5.91 Å². The predicted molar refractivity (Wildman–Crippen MR) is 146 cm³/mol. The quantitative estimate of drug-likeness (QED) is 0.250. The number of amides is 1. The molecule has 0 aliphatic rings. The zero-order chi connectivity index (χ0) is 28.3. The Balaban J connectivity index is 1.47. The summed E-state index contributed by atoms with van der Waals surface area (Å²) in [5.41, 5.74) is 1.58. The minimum absolute atomic E-state index is 0.0294. The van der Waals surface area contributed by atoms with Gasteiger partial charge in [-0.2, -0.15) is 10.2 Å². The van der Waals surface area contributed by atoms with Gasteiger partial charge in [-0.3, -0.25) is 19.3 Å². The van der Waals surface area contributed by atoms with E-state index in [1.54, 1.807) is 23.0 Å². The molecule has 4 aromatic rings. The third kappa shape index (κ3) is 6.95. The second kappa shape index (κ2) is 11.5. The number of carbonyl (C=O) groups excluding carboxylic acids is 2. The van der Waals surface area contributed by atoms with E-state index in [-0.39, 0.29) is 31.2 Å². The summed E-state index contributed by atoms with van der Waals surface area (Å²) < 4.78 is 16.8. The minimum atomic E-state index is -1.51. The maximum Gasteiger partial charge on any atom is 0.259 e. The number of aromatic nitrogens is 6. The number of hydrogen-bond acceptors (Lipinski definition) is 8. The van der Waals surface area contributed by atoms with E-state index in [0.29, 0.717) is 38.9 Å². The molecule has 1 amide bonds. The zero-order valence-corrected chi connectivity index (χ0v) is 22.8. The lowest BCUT2D eigenvalue weighted by Crippen LogP contribution is -2.33. The molecular formula is C26H30ClFN8O3. The van der Waals surface area contributed by atoms with Crippen molar-refractivity contribution in [3.05, 3.63) is 53.8 Å². The van der Waals surface area contributed by atoms with Crippen LogP contribution in [-0.2, 0) is 11.3 Å². The lowest BCUT2D eigenvalue weighted by molar-refractivity contribution is -0.120. The van der Waals surface area contributed by atoms with E-state index in [1.165, 1.54) is 43.3 Å². The van der Waals surface area contributed by atoms with Crippen molar-refractivity contribution < 1.29 is 19.1 Å². The molecule has 3 N–H and O–H groups in total. The zero-order valence-electron chi connectivity index (χ0n) is 22.0. The fourth-order valence-electron chi connectivity index (χ4n) is 3.86. The van der Waals surface area contributed by atoms with E-state index in [2.05, 4.69) is 30.8 Å². The Hall–Kier alpha value is -3.90. The molecule has 0 saturated heterocycles. The molecule has 4 heterocycles. The maximum atomic E-state index is 13.9. The van der Waals surface area contributed by atoms with Crippen LogP contribution in [0, 0.1) is 0 Å². The van der Waals surface area contributed by atoms with E-state index < -0.39 is 17.7 Å². The summed E-state index contributed by atoms with van der Waals surface area (Å²) in [6, 6.07) is 1.79. The number of ketones is 1. The van der Waals surface area contributed by atoms with E-state index >= 15 is 0 Å². The van der Waals surface area contributed by atoms with Crippen molar-refractivity contribution in [1.82, 2.24) is 29.4 Å². The molecule has 4 aromatic heterocycles. The summed E-state index contributed by atoms with van der Waals surface area (Å²) in [5.74, 6) is -0.658. The molecule has 39 heavy (non-hydrogen) atoms. The standard InChI is InChI=1S/C26H30ClFN8O3/c1-15(2)33-22-7-21(19-11-32-36-12-16(27)8-30-24(19)36)29-10-20(22)25(38)34-17-9-31-35(13-17)14-18(37)5-6-23(28)26(3,4)39/h7-13,15,23,39H,5-6,14H2,1-4H3,(H,29,33)(H,34,38)/t23-/m1/s1. The minimum Gasteiger partial charge on any atom is -0.387 e. The van der Waals surface area contributed by atoms with E-state index in [9.17, 15) is 19.1 Å². The van der Waals surface area contributed by atoms with E-state index in [1.807, 2.05) is 13.8 Å². The first-order chi connectivity index (χ1) is 18.4. The summed E-state index contributed by atoms with van der Waals surface area (Å²) in [7, 11) is 0. The van der Waals surface area contributed by atoms with Gasteiger partial charge >= 0.3 is 0 Å². The number of nitrogens with one attached hydrogen (secondary N) is 2. The number of halogens is 2. The molecule has 0 aliphatic heterocycles. The van der Waals surface area contributed by atoms with Gasteiger partial charge in [0, 0.05) is 31.1 Å². The van der Waals surface area contributed by atoms with Gasteiger partial charge in [-0.15, -0.1) is 0 Å². The Morgan fingerprint density at radius 2 is 1.90 bits per heavy atom. The molecular weight excluding hydrogens is 527 g/mol. The monoisotopic (exact) mass is 556 g/mol. The molecule has 0 bridgehead atoms. The van der Waals surface area contributed by atoms with Gasteiger partial charge in [-0.05, 0) is 40.2 Å². The number of nitrogens with zero attached hydrogens (tertiary/aromatic N) is 6. The first kappa shape index (κ1) is 28.1. The van der Waals surface area contributed by atoms with Gasteiger partial charge in [0.2, 0.25) is 0 Å². The van der Waals surface area contributed by atoms with Crippen LogP contribution in [-0.4, -0.2) is 64.0 Å². The molecule has 0 spiro atoms. The first-order valence-corrected chi connectivity index (χ1v) is 12.8. The Kier molecular flexibility index (Phi) is 8.26. The molecule has 0 unspecified atom stereocenters. The lowest BCUT2D eigenvalue weighted by Gasteiger charge is -2.21. The number of fused-ring (bicyclic) bond motifs is 1. The molecule has 13 heteroatoms. The number of aliphatic hydroxyl groups is 1. The molecule has 0 fully saturated rings. The van der Waals surface area contributed by atoms with E-state index in [4.69, 9.17) is 11.6 Å². The highest BCUT2D eigenvalue weighted by molar-refractivity contribution is 6.30. The second-order valence-electron chi connectivity index (χ2n) is 10.1. The highest BCUT2D eigenvalue weighted by Gasteiger charge is 2.27. The summed E-state index contributed by atoms with van der Waals surface area (Å²) in [6.07, 6.45) is 7.59. The number of rotatable bonds is 11. The topological polar surface area (TPSA) is 139 Å². The largest absolute Gasteiger partial charge is 0.387 e. The van der Waals surface area contributed by atoms with Gasteiger partial charge in [0.05, 0.1) is 64.0 Å². The fraction of sp³-hybridized carbons (Fsp3) is 0.385. The van der Waals surface area contributed by atoms with E-state index in [0.717, 1.165) is 0 Å².